The van der Waals surface area contributed by atoms with Crippen LogP contribution in [0.25, 0.3) is 0 Å². The number of nitrogens with one attached hydrogen (secondary N) is 2. The van der Waals surface area contributed by atoms with Crippen LogP contribution >= 0.6 is 0 Å². The van der Waals surface area contributed by atoms with Crippen LogP contribution < -0.4 is 10.6 Å². The lowest BCUT2D eigenvalue weighted by Crippen LogP contribution is -2.47. The molecule has 0 fully saturated rings. The van der Waals surface area contributed by atoms with Crippen LogP contribution in [0.4, 0.5) is 0 Å². The molecule has 0 heterocycles. The molecule has 0 radical (unpaired) electrons. The smallest absolute Gasteiger partial charge is 0.327 e. The summed E-state index contributed by atoms with van der Waals surface area (Å²) in [6.07, 6.45) is 0. The molecule has 0 spiro atoms. The maximum atomic E-state index is 10.9. The van der Waals surface area contributed by atoms with E-state index < -0.39 is 23.9 Å². The summed E-state index contributed by atoms with van der Waals surface area (Å²) < 4.78 is 4.63. The average molecular weight is 232 g/mol. The van der Waals surface area contributed by atoms with Gasteiger partial charge in [-0.15, -0.1) is 0 Å². The number of rotatable bonds is 7. The molecule has 0 aromatic rings. The van der Waals surface area contributed by atoms with Gasteiger partial charge in [0.2, 0.25) is 5.91 Å². The summed E-state index contributed by atoms with van der Waals surface area (Å²) in [7, 11) is 0. The number of carboxylic acids is 1. The Morgan fingerprint density at radius 3 is 2.44 bits per heavy atom. The molecule has 3 N–H and O–H groups in total. The number of aliphatic carboxylic acids is 1. The van der Waals surface area contributed by atoms with Crippen molar-refractivity contribution in [2.45, 2.75) is 19.9 Å². The number of ether oxygens (including phenoxy) is 1. The molecule has 0 aliphatic rings. The summed E-state index contributed by atoms with van der Waals surface area (Å²) >= 11 is 0. The number of esters is 1. The van der Waals surface area contributed by atoms with E-state index in [-0.39, 0.29) is 19.7 Å². The summed E-state index contributed by atoms with van der Waals surface area (Å²) in [5.74, 6) is -2.06. The maximum absolute atomic E-state index is 10.9. The number of carbonyl (C=O) groups is 3. The quantitative estimate of drug-likeness (QED) is 0.473. The van der Waals surface area contributed by atoms with Gasteiger partial charge in [0, 0.05) is 13.5 Å². The SMILES string of the molecule is CCOC(=O)CNCC(NC(C)=O)C(=O)O. The second-order valence-corrected chi connectivity index (χ2v) is 3.03. The number of hydrogen-bond acceptors (Lipinski definition) is 5. The standard InChI is InChI=1S/C9H16N2O5/c1-3-16-8(13)5-10-4-7(9(14)15)11-6(2)12/h7,10H,3-5H2,1-2H3,(H,11,12)(H,14,15). The zero-order valence-corrected chi connectivity index (χ0v) is 9.28. The maximum Gasteiger partial charge on any atom is 0.327 e. The topological polar surface area (TPSA) is 105 Å². The van der Waals surface area contributed by atoms with E-state index in [0.29, 0.717) is 0 Å². The van der Waals surface area contributed by atoms with Crippen LogP contribution in [-0.2, 0) is 19.1 Å². The molecule has 1 amide bonds. The first-order valence-electron chi connectivity index (χ1n) is 4.83. The van der Waals surface area contributed by atoms with E-state index in [1.807, 2.05) is 0 Å². The van der Waals surface area contributed by atoms with Crippen molar-refractivity contribution in [3.05, 3.63) is 0 Å². The van der Waals surface area contributed by atoms with Gasteiger partial charge >= 0.3 is 11.9 Å². The minimum Gasteiger partial charge on any atom is -0.480 e. The molecule has 1 unspecified atom stereocenters. The lowest BCUT2D eigenvalue weighted by Gasteiger charge is -2.13. The zero-order chi connectivity index (χ0) is 12.6. The van der Waals surface area contributed by atoms with E-state index in [1.54, 1.807) is 6.92 Å². The minimum absolute atomic E-state index is 0.0340. The van der Waals surface area contributed by atoms with Crippen LogP contribution in [0, 0.1) is 0 Å². The largest absolute Gasteiger partial charge is 0.480 e. The molecule has 0 bridgehead atoms. The zero-order valence-electron chi connectivity index (χ0n) is 9.28. The molecule has 0 aliphatic heterocycles. The van der Waals surface area contributed by atoms with Gasteiger partial charge in [0.05, 0.1) is 13.2 Å². The van der Waals surface area contributed by atoms with Gasteiger partial charge in [-0.1, -0.05) is 0 Å². The fraction of sp³-hybridized carbons (Fsp3) is 0.667. The van der Waals surface area contributed by atoms with E-state index >= 15 is 0 Å². The summed E-state index contributed by atoms with van der Waals surface area (Å²) in [5.41, 5.74) is 0. The Morgan fingerprint density at radius 1 is 1.38 bits per heavy atom. The van der Waals surface area contributed by atoms with Gasteiger partial charge in [-0.05, 0) is 6.92 Å². The van der Waals surface area contributed by atoms with Crippen molar-refractivity contribution in [2.75, 3.05) is 19.7 Å². The molecule has 0 saturated heterocycles. The molecule has 0 rings (SSSR count). The van der Waals surface area contributed by atoms with Gasteiger partial charge in [0.25, 0.3) is 0 Å². The first kappa shape index (κ1) is 14.4. The number of hydrogen-bond donors (Lipinski definition) is 3. The average Bonchev–Trinajstić information content (AvgIpc) is 2.15. The highest BCUT2D eigenvalue weighted by Gasteiger charge is 2.17. The van der Waals surface area contributed by atoms with Crippen LogP contribution in [0.5, 0.6) is 0 Å². The molecule has 0 aromatic heterocycles. The molecule has 92 valence electrons. The molecule has 1 atom stereocenters. The monoisotopic (exact) mass is 232 g/mol. The van der Waals surface area contributed by atoms with E-state index in [4.69, 9.17) is 5.11 Å². The first-order valence-corrected chi connectivity index (χ1v) is 4.83. The normalized spacial score (nSPS) is 11.6. The van der Waals surface area contributed by atoms with Crippen molar-refractivity contribution in [1.82, 2.24) is 10.6 Å². The molecule has 7 heteroatoms. The van der Waals surface area contributed by atoms with Crippen molar-refractivity contribution in [1.29, 1.82) is 0 Å². The number of carbonyl (C=O) groups excluding carboxylic acids is 2. The van der Waals surface area contributed by atoms with E-state index in [0.717, 1.165) is 0 Å². The minimum atomic E-state index is -1.16. The van der Waals surface area contributed by atoms with E-state index in [1.165, 1.54) is 6.92 Å². The number of carboxylic acid groups (broad SMARTS) is 1. The third kappa shape index (κ3) is 6.77. The highest BCUT2D eigenvalue weighted by molar-refractivity contribution is 5.82. The van der Waals surface area contributed by atoms with Gasteiger partial charge in [-0.25, -0.2) is 4.79 Å². The fourth-order valence-electron chi connectivity index (χ4n) is 0.976. The van der Waals surface area contributed by atoms with Gasteiger partial charge in [0.15, 0.2) is 0 Å². The second kappa shape index (κ2) is 7.63. The van der Waals surface area contributed by atoms with Crippen molar-refractivity contribution in [2.24, 2.45) is 0 Å². The molecule has 16 heavy (non-hydrogen) atoms. The van der Waals surface area contributed by atoms with Crippen LogP contribution in [-0.4, -0.2) is 48.7 Å². The molecule has 0 saturated carbocycles. The van der Waals surface area contributed by atoms with E-state index in [2.05, 4.69) is 15.4 Å². The Kier molecular flexibility index (Phi) is 6.86. The third-order valence-corrected chi connectivity index (χ3v) is 1.60. The van der Waals surface area contributed by atoms with Gasteiger partial charge < -0.3 is 20.5 Å². The first-order chi connectivity index (χ1) is 7.47. The van der Waals surface area contributed by atoms with Gasteiger partial charge in [-0.2, -0.15) is 0 Å². The summed E-state index contributed by atoms with van der Waals surface area (Å²) in [6, 6.07) is -1.05. The summed E-state index contributed by atoms with van der Waals surface area (Å²) in [4.78, 5) is 32.2. The Balaban J connectivity index is 3.89. The highest BCUT2D eigenvalue weighted by atomic mass is 16.5. The Morgan fingerprint density at radius 2 is 2.00 bits per heavy atom. The third-order valence-electron chi connectivity index (χ3n) is 1.60. The van der Waals surface area contributed by atoms with Crippen molar-refractivity contribution in [3.8, 4) is 0 Å². The predicted octanol–water partition coefficient (Wildman–Crippen LogP) is -1.27. The molecular formula is C9H16N2O5. The second-order valence-electron chi connectivity index (χ2n) is 3.03. The van der Waals surface area contributed by atoms with Crippen LogP contribution in [0.15, 0.2) is 0 Å². The highest BCUT2D eigenvalue weighted by Crippen LogP contribution is 1.83. The number of amides is 1. The Hall–Kier alpha value is -1.63. The Labute approximate surface area is 93.2 Å². The van der Waals surface area contributed by atoms with Gasteiger partial charge in [0.1, 0.15) is 6.04 Å². The van der Waals surface area contributed by atoms with Gasteiger partial charge in [-0.3, -0.25) is 9.59 Å². The fourth-order valence-corrected chi connectivity index (χ4v) is 0.976. The van der Waals surface area contributed by atoms with Crippen molar-refractivity contribution >= 4 is 17.8 Å². The Bertz CT molecular complexity index is 267. The van der Waals surface area contributed by atoms with Crippen LogP contribution in [0.3, 0.4) is 0 Å². The van der Waals surface area contributed by atoms with Crippen LogP contribution in [0.1, 0.15) is 13.8 Å². The molecule has 0 aromatic carbocycles. The summed E-state index contributed by atoms with van der Waals surface area (Å²) in [5, 5.41) is 13.5. The molecular weight excluding hydrogens is 216 g/mol. The lowest BCUT2D eigenvalue weighted by molar-refractivity contribution is -0.143. The summed E-state index contributed by atoms with van der Waals surface area (Å²) in [6.45, 7) is 3.05. The molecule has 0 aliphatic carbocycles. The van der Waals surface area contributed by atoms with Crippen LogP contribution in [0.2, 0.25) is 0 Å². The van der Waals surface area contributed by atoms with Crippen molar-refractivity contribution in [3.63, 3.8) is 0 Å². The van der Waals surface area contributed by atoms with Crippen molar-refractivity contribution < 1.29 is 24.2 Å². The lowest BCUT2D eigenvalue weighted by atomic mass is 10.3. The molecule has 7 nitrogen and oxygen atoms in total. The predicted molar refractivity (Wildman–Crippen MR) is 54.7 cm³/mol. The van der Waals surface area contributed by atoms with E-state index in [9.17, 15) is 14.4 Å².